The average Bonchev–Trinajstić information content (AvgIpc) is 2.29. The Balaban J connectivity index is 2.52. The van der Waals surface area contributed by atoms with Crippen LogP contribution in [0.3, 0.4) is 0 Å². The molecule has 2 aromatic rings. The smallest absolute Gasteiger partial charge is 0.311 e. The number of hydrogen-bond acceptors (Lipinski definition) is 5. The zero-order chi connectivity index (χ0) is 12.4. The summed E-state index contributed by atoms with van der Waals surface area (Å²) < 4.78 is 0. The highest BCUT2D eigenvalue weighted by atomic mass is 35.5. The lowest BCUT2D eigenvalue weighted by atomic mass is 10.2. The first-order chi connectivity index (χ1) is 8.09. The maximum absolute atomic E-state index is 10.6. The van der Waals surface area contributed by atoms with Gasteiger partial charge in [-0.25, -0.2) is 4.98 Å². The second-order valence-electron chi connectivity index (χ2n) is 3.21. The van der Waals surface area contributed by atoms with E-state index >= 15 is 0 Å². The summed E-state index contributed by atoms with van der Waals surface area (Å²) >= 11 is 5.94. The number of nitrogens with zero attached hydrogens (tertiary/aromatic N) is 3. The van der Waals surface area contributed by atoms with Gasteiger partial charge in [0.25, 0.3) is 0 Å². The third-order valence-corrected chi connectivity index (χ3v) is 2.45. The molecule has 0 aromatic carbocycles. The summed E-state index contributed by atoms with van der Waals surface area (Å²) in [4.78, 5) is 17.8. The van der Waals surface area contributed by atoms with Crippen LogP contribution in [0.1, 0.15) is 0 Å². The zero-order valence-electron chi connectivity index (χ0n) is 8.50. The second kappa shape index (κ2) is 4.34. The van der Waals surface area contributed by atoms with E-state index < -0.39 is 4.92 Å². The van der Waals surface area contributed by atoms with Crippen molar-refractivity contribution in [3.8, 4) is 11.3 Å². The van der Waals surface area contributed by atoms with Gasteiger partial charge in [0.15, 0.2) is 0 Å². The van der Waals surface area contributed by atoms with Crippen molar-refractivity contribution in [3.63, 3.8) is 0 Å². The largest absolute Gasteiger partial charge is 0.378 e. The van der Waals surface area contributed by atoms with Crippen LogP contribution in [0, 0.1) is 10.1 Å². The van der Waals surface area contributed by atoms with E-state index in [9.17, 15) is 10.1 Å². The van der Waals surface area contributed by atoms with Gasteiger partial charge in [0.05, 0.1) is 15.6 Å². The molecule has 6 nitrogen and oxygen atoms in total. The lowest BCUT2D eigenvalue weighted by Gasteiger charge is -2.03. The summed E-state index contributed by atoms with van der Waals surface area (Å²) in [5, 5.41) is 11.0. The van der Waals surface area contributed by atoms with E-state index in [-0.39, 0.29) is 11.5 Å². The number of nitro groups is 1. The number of hydrogen-bond donors (Lipinski definition) is 1. The number of nitrogens with two attached hydrogens (primary N) is 1. The monoisotopic (exact) mass is 250 g/mol. The molecule has 0 atom stereocenters. The van der Waals surface area contributed by atoms with Crippen molar-refractivity contribution < 1.29 is 4.92 Å². The molecule has 17 heavy (non-hydrogen) atoms. The Labute approximate surface area is 101 Å². The van der Waals surface area contributed by atoms with Gasteiger partial charge in [-0.2, -0.15) is 0 Å². The normalized spacial score (nSPS) is 10.2. The van der Waals surface area contributed by atoms with Crippen molar-refractivity contribution in [3.05, 3.63) is 45.7 Å². The first-order valence-electron chi connectivity index (χ1n) is 4.60. The molecule has 2 heterocycles. The molecule has 0 amide bonds. The first-order valence-corrected chi connectivity index (χ1v) is 4.98. The van der Waals surface area contributed by atoms with E-state index in [0.29, 0.717) is 16.3 Å². The molecule has 0 bridgehead atoms. The molecule has 86 valence electrons. The molecular weight excluding hydrogens is 244 g/mol. The molecule has 2 N–H and O–H groups in total. The minimum absolute atomic E-state index is 0.139. The average molecular weight is 251 g/mol. The van der Waals surface area contributed by atoms with E-state index in [1.165, 1.54) is 18.3 Å². The SMILES string of the molecule is Nc1nc(-c2ccncc2Cl)ccc1[N+](=O)[O-]. The third kappa shape index (κ3) is 2.16. The van der Waals surface area contributed by atoms with Crippen LogP contribution in [0.4, 0.5) is 11.5 Å². The van der Waals surface area contributed by atoms with Gasteiger partial charge in [-0.1, -0.05) is 11.6 Å². The van der Waals surface area contributed by atoms with Gasteiger partial charge in [-0.3, -0.25) is 15.1 Å². The predicted molar refractivity (Wildman–Crippen MR) is 63.5 cm³/mol. The van der Waals surface area contributed by atoms with Crippen LogP contribution in [0.2, 0.25) is 5.02 Å². The van der Waals surface area contributed by atoms with Crippen LogP contribution >= 0.6 is 11.6 Å². The minimum atomic E-state index is -0.583. The Bertz CT molecular complexity index is 588. The summed E-state index contributed by atoms with van der Waals surface area (Å²) in [6, 6.07) is 4.46. The highest BCUT2D eigenvalue weighted by molar-refractivity contribution is 6.33. The Kier molecular flexibility index (Phi) is 2.88. The fraction of sp³-hybridized carbons (Fsp3) is 0. The van der Waals surface area contributed by atoms with Crippen LogP contribution in [-0.2, 0) is 0 Å². The lowest BCUT2D eigenvalue weighted by molar-refractivity contribution is -0.384. The second-order valence-corrected chi connectivity index (χ2v) is 3.62. The zero-order valence-corrected chi connectivity index (χ0v) is 9.26. The van der Waals surface area contributed by atoms with Crippen molar-refractivity contribution in [2.45, 2.75) is 0 Å². The topological polar surface area (TPSA) is 94.9 Å². The Morgan fingerprint density at radius 3 is 2.71 bits per heavy atom. The lowest BCUT2D eigenvalue weighted by Crippen LogP contribution is -1.99. The van der Waals surface area contributed by atoms with Crippen LogP contribution < -0.4 is 5.73 Å². The number of pyridine rings is 2. The number of nitrogen functional groups attached to an aromatic ring is 1. The standard InChI is InChI=1S/C10H7ClN4O2/c11-7-5-13-4-3-6(7)8-1-2-9(15(16)17)10(12)14-8/h1-5H,(H2,12,14). The van der Waals surface area contributed by atoms with Crippen molar-refractivity contribution in [1.29, 1.82) is 0 Å². The van der Waals surface area contributed by atoms with Crippen LogP contribution in [-0.4, -0.2) is 14.9 Å². The molecule has 7 heteroatoms. The molecule has 0 aliphatic carbocycles. The molecule has 0 aliphatic heterocycles. The Hall–Kier alpha value is -2.21. The van der Waals surface area contributed by atoms with Gasteiger partial charge >= 0.3 is 5.69 Å². The minimum Gasteiger partial charge on any atom is -0.378 e. The number of halogens is 1. The number of rotatable bonds is 2. The van der Waals surface area contributed by atoms with Crippen LogP contribution in [0.5, 0.6) is 0 Å². The molecule has 0 unspecified atom stereocenters. The highest BCUT2D eigenvalue weighted by Crippen LogP contribution is 2.28. The molecule has 0 fully saturated rings. The van der Waals surface area contributed by atoms with E-state index in [1.807, 2.05) is 0 Å². The molecule has 2 aromatic heterocycles. The molecule has 0 saturated heterocycles. The van der Waals surface area contributed by atoms with E-state index in [1.54, 1.807) is 12.3 Å². The van der Waals surface area contributed by atoms with Crippen molar-refractivity contribution in [2.24, 2.45) is 0 Å². The van der Waals surface area contributed by atoms with E-state index in [0.717, 1.165) is 0 Å². The Morgan fingerprint density at radius 1 is 1.35 bits per heavy atom. The van der Waals surface area contributed by atoms with Gasteiger partial charge in [0, 0.05) is 24.0 Å². The maximum Gasteiger partial charge on any atom is 0.311 e. The van der Waals surface area contributed by atoms with Crippen LogP contribution in [0.25, 0.3) is 11.3 Å². The first kappa shape index (κ1) is 11.3. The van der Waals surface area contributed by atoms with Crippen molar-refractivity contribution in [2.75, 3.05) is 5.73 Å². The van der Waals surface area contributed by atoms with Gasteiger partial charge in [0.1, 0.15) is 0 Å². The van der Waals surface area contributed by atoms with E-state index in [2.05, 4.69) is 9.97 Å². The van der Waals surface area contributed by atoms with Crippen molar-refractivity contribution in [1.82, 2.24) is 9.97 Å². The Morgan fingerprint density at radius 2 is 2.12 bits per heavy atom. The maximum atomic E-state index is 10.6. The summed E-state index contributed by atoms with van der Waals surface area (Å²) in [6.07, 6.45) is 3.02. The molecule has 0 saturated carbocycles. The molecular formula is C10H7ClN4O2. The molecule has 0 spiro atoms. The highest BCUT2D eigenvalue weighted by Gasteiger charge is 2.14. The van der Waals surface area contributed by atoms with Gasteiger partial charge in [-0.05, 0) is 12.1 Å². The summed E-state index contributed by atoms with van der Waals surface area (Å²) in [5.74, 6) is -0.139. The number of anilines is 1. The molecule has 0 radical (unpaired) electrons. The molecule has 2 rings (SSSR count). The third-order valence-electron chi connectivity index (χ3n) is 2.15. The van der Waals surface area contributed by atoms with Gasteiger partial charge in [0.2, 0.25) is 5.82 Å². The quantitative estimate of drug-likeness (QED) is 0.652. The summed E-state index contributed by atoms with van der Waals surface area (Å²) in [6.45, 7) is 0. The summed E-state index contributed by atoms with van der Waals surface area (Å²) in [7, 11) is 0. The van der Waals surface area contributed by atoms with Gasteiger partial charge < -0.3 is 5.73 Å². The molecule has 0 aliphatic rings. The van der Waals surface area contributed by atoms with Gasteiger partial charge in [-0.15, -0.1) is 0 Å². The van der Waals surface area contributed by atoms with Crippen LogP contribution in [0.15, 0.2) is 30.6 Å². The summed E-state index contributed by atoms with van der Waals surface area (Å²) in [5.41, 5.74) is 6.38. The predicted octanol–water partition coefficient (Wildman–Crippen LogP) is 2.29. The fourth-order valence-electron chi connectivity index (χ4n) is 1.35. The number of aromatic nitrogens is 2. The van der Waals surface area contributed by atoms with Crippen molar-refractivity contribution >= 4 is 23.1 Å². The fourth-order valence-corrected chi connectivity index (χ4v) is 1.57. The van der Waals surface area contributed by atoms with E-state index in [4.69, 9.17) is 17.3 Å².